The van der Waals surface area contributed by atoms with Crippen LogP contribution < -0.4 is 0 Å². The van der Waals surface area contributed by atoms with Crippen LogP contribution in [-0.2, 0) is 9.53 Å². The Morgan fingerprint density at radius 2 is 2.16 bits per heavy atom. The Balaban J connectivity index is 1.26. The first-order chi connectivity index (χ1) is 15.6. The number of ketones is 1. The second-order valence-corrected chi connectivity index (χ2v) is 12.3. The summed E-state index contributed by atoms with van der Waals surface area (Å²) < 4.78 is 6.88. The summed E-state index contributed by atoms with van der Waals surface area (Å²) >= 11 is 7.73. The zero-order valence-electron chi connectivity index (χ0n) is 18.0. The summed E-state index contributed by atoms with van der Waals surface area (Å²) in [4.78, 5) is 17.5. The Kier molecular flexibility index (Phi) is 4.45. The van der Waals surface area contributed by atoms with Gasteiger partial charge in [-0.15, -0.1) is 0 Å². The van der Waals surface area contributed by atoms with Crippen molar-refractivity contribution in [3.05, 3.63) is 52.9 Å². The number of nitrogens with one attached hydrogen (secondary N) is 1. The lowest BCUT2D eigenvalue weighted by atomic mass is 9.59. The predicted octanol–water partition coefficient (Wildman–Crippen LogP) is 6.78. The molecule has 0 amide bonds. The van der Waals surface area contributed by atoms with Crippen LogP contribution in [0.5, 0.6) is 0 Å². The molecule has 7 rings (SSSR count). The van der Waals surface area contributed by atoms with Crippen molar-refractivity contribution in [1.29, 1.82) is 0 Å². The SMILES string of the molecule is O=C1CC2=C(OC3CC/C(=C/c4cccc5[nH]ccc45)C3C2)C2C3CC(CC3Br)C12CBr. The first-order valence-electron chi connectivity index (χ1n) is 12.0. The van der Waals surface area contributed by atoms with Crippen LogP contribution in [0.25, 0.3) is 17.0 Å². The minimum absolute atomic E-state index is 0.234. The molecule has 2 aromatic rings. The third-order valence-corrected chi connectivity index (χ3v) is 11.3. The van der Waals surface area contributed by atoms with Crippen LogP contribution in [0.2, 0.25) is 0 Å². The zero-order chi connectivity index (χ0) is 21.6. The molecule has 5 aliphatic rings. The summed E-state index contributed by atoms with van der Waals surface area (Å²) in [5.74, 6) is 3.38. The minimum atomic E-state index is -0.234. The van der Waals surface area contributed by atoms with E-state index >= 15 is 0 Å². The highest BCUT2D eigenvalue weighted by Gasteiger charge is 2.67. The average Bonchev–Trinajstić information content (AvgIpc) is 3.56. The fraction of sp³-hybridized carbons (Fsp3) is 0.519. The van der Waals surface area contributed by atoms with Gasteiger partial charge < -0.3 is 9.72 Å². The smallest absolute Gasteiger partial charge is 0.145 e. The second-order valence-electron chi connectivity index (χ2n) is 10.6. The number of hydrogen-bond donors (Lipinski definition) is 1. The highest BCUT2D eigenvalue weighted by molar-refractivity contribution is 9.09. The average molecular weight is 557 g/mol. The van der Waals surface area contributed by atoms with Gasteiger partial charge in [-0.1, -0.05) is 55.6 Å². The zero-order valence-corrected chi connectivity index (χ0v) is 21.1. The van der Waals surface area contributed by atoms with Crippen molar-refractivity contribution >= 4 is 54.6 Å². The molecule has 32 heavy (non-hydrogen) atoms. The number of aromatic nitrogens is 1. The molecule has 166 valence electrons. The third kappa shape index (κ3) is 2.56. The molecule has 3 fully saturated rings. The molecular formula is C27H27Br2NO2. The van der Waals surface area contributed by atoms with Gasteiger partial charge in [0.25, 0.3) is 0 Å². The van der Waals surface area contributed by atoms with Gasteiger partial charge in [0.05, 0.1) is 5.41 Å². The molecule has 2 bridgehead atoms. The number of fused-ring (bicyclic) bond motifs is 8. The number of Topliss-reactive ketones (excluding diaryl/α,β-unsaturated/α-hetero) is 1. The molecule has 2 heterocycles. The van der Waals surface area contributed by atoms with Crippen molar-refractivity contribution in [3.63, 3.8) is 0 Å². The number of ether oxygens (including phenoxy) is 1. The van der Waals surface area contributed by atoms with Gasteiger partial charge in [0.1, 0.15) is 17.6 Å². The lowest BCUT2D eigenvalue weighted by Gasteiger charge is -2.49. The number of hydrogen-bond acceptors (Lipinski definition) is 2. The maximum atomic E-state index is 13.6. The molecule has 5 heteroatoms. The number of H-pyrrole nitrogens is 1. The van der Waals surface area contributed by atoms with Crippen molar-refractivity contribution in [3.8, 4) is 0 Å². The molecule has 1 aromatic carbocycles. The summed E-state index contributed by atoms with van der Waals surface area (Å²) in [6, 6.07) is 8.63. The largest absolute Gasteiger partial charge is 0.494 e. The molecule has 0 radical (unpaired) electrons. The van der Waals surface area contributed by atoms with Crippen molar-refractivity contribution in [2.75, 3.05) is 5.33 Å². The molecule has 0 spiro atoms. The molecule has 7 atom stereocenters. The van der Waals surface area contributed by atoms with E-state index in [1.165, 1.54) is 33.4 Å². The lowest BCUT2D eigenvalue weighted by molar-refractivity contribution is -0.136. The quantitative estimate of drug-likeness (QED) is 0.414. The molecular weight excluding hydrogens is 530 g/mol. The van der Waals surface area contributed by atoms with E-state index in [0.29, 0.717) is 34.8 Å². The standard InChI is InChI=1S/C27H27Br2NO2/c28-13-27-17-11-20(21(29)12-17)25(27)26-16(10-24(27)31)9-19-15(4-5-23(19)32-26)8-14-2-1-3-22-18(14)6-7-30-22/h1-3,6-8,17,19-21,23,25,30H,4-5,9-13H2/b15-8-. The Labute approximate surface area is 205 Å². The van der Waals surface area contributed by atoms with Crippen LogP contribution in [-0.4, -0.2) is 27.0 Å². The van der Waals surface area contributed by atoms with E-state index in [-0.39, 0.29) is 17.4 Å². The maximum Gasteiger partial charge on any atom is 0.145 e. The maximum absolute atomic E-state index is 13.6. The fourth-order valence-electron chi connectivity index (χ4n) is 7.89. The van der Waals surface area contributed by atoms with E-state index in [1.807, 2.05) is 6.20 Å². The number of carbonyl (C=O) groups excluding carboxylic acids is 1. The number of aromatic amines is 1. The van der Waals surface area contributed by atoms with Crippen molar-refractivity contribution in [1.82, 2.24) is 4.98 Å². The van der Waals surface area contributed by atoms with Crippen molar-refractivity contribution in [2.45, 2.75) is 49.5 Å². The predicted molar refractivity (Wildman–Crippen MR) is 134 cm³/mol. The summed E-state index contributed by atoms with van der Waals surface area (Å²) in [5.41, 5.74) is 5.03. The van der Waals surface area contributed by atoms with Crippen LogP contribution >= 0.6 is 31.9 Å². The summed E-state index contributed by atoms with van der Waals surface area (Å²) in [5, 5.41) is 2.06. The number of benzene rings is 1. The van der Waals surface area contributed by atoms with Gasteiger partial charge in [-0.3, -0.25) is 4.79 Å². The Bertz CT molecular complexity index is 1200. The minimum Gasteiger partial charge on any atom is -0.494 e. The summed E-state index contributed by atoms with van der Waals surface area (Å²) in [6.07, 6.45) is 10.7. The number of halogens is 2. The molecule has 3 saturated carbocycles. The van der Waals surface area contributed by atoms with Gasteiger partial charge in [-0.05, 0) is 67.2 Å². The fourth-order valence-corrected chi connectivity index (χ4v) is 9.98. The molecule has 4 aliphatic carbocycles. The van der Waals surface area contributed by atoms with Crippen LogP contribution in [0.15, 0.2) is 47.4 Å². The molecule has 3 nitrogen and oxygen atoms in total. The number of carbonyl (C=O) groups is 1. The molecule has 1 aromatic heterocycles. The van der Waals surface area contributed by atoms with Crippen LogP contribution in [0, 0.1) is 29.1 Å². The van der Waals surface area contributed by atoms with Gasteiger partial charge in [0, 0.05) is 45.5 Å². The highest BCUT2D eigenvalue weighted by Crippen LogP contribution is 2.68. The van der Waals surface area contributed by atoms with E-state index in [9.17, 15) is 4.79 Å². The highest BCUT2D eigenvalue weighted by atomic mass is 79.9. The summed E-state index contributed by atoms with van der Waals surface area (Å²) in [6.45, 7) is 0. The molecule has 7 unspecified atom stereocenters. The van der Waals surface area contributed by atoms with E-state index in [4.69, 9.17) is 4.74 Å². The number of alkyl halides is 2. The first kappa shape index (κ1) is 20.1. The van der Waals surface area contributed by atoms with E-state index < -0.39 is 0 Å². The Morgan fingerprint density at radius 1 is 1.25 bits per heavy atom. The van der Waals surface area contributed by atoms with Gasteiger partial charge >= 0.3 is 0 Å². The normalized spacial score (nSPS) is 41.2. The van der Waals surface area contributed by atoms with Gasteiger partial charge in [0.15, 0.2) is 0 Å². The van der Waals surface area contributed by atoms with Gasteiger partial charge in [0.2, 0.25) is 0 Å². The number of rotatable bonds is 2. The second kappa shape index (κ2) is 7.09. The van der Waals surface area contributed by atoms with Crippen LogP contribution in [0.1, 0.15) is 44.1 Å². The monoisotopic (exact) mass is 555 g/mol. The van der Waals surface area contributed by atoms with Crippen molar-refractivity contribution < 1.29 is 9.53 Å². The number of allylic oxidation sites excluding steroid dienone is 2. The molecule has 0 saturated heterocycles. The van der Waals surface area contributed by atoms with Crippen molar-refractivity contribution in [2.24, 2.45) is 29.1 Å². The van der Waals surface area contributed by atoms with Crippen LogP contribution in [0.4, 0.5) is 0 Å². The van der Waals surface area contributed by atoms with Gasteiger partial charge in [-0.2, -0.15) is 0 Å². The first-order valence-corrected chi connectivity index (χ1v) is 14.0. The molecule has 1 aliphatic heterocycles. The Hall–Kier alpha value is -1.33. The van der Waals surface area contributed by atoms with E-state index in [0.717, 1.165) is 37.4 Å². The van der Waals surface area contributed by atoms with E-state index in [1.54, 1.807) is 0 Å². The van der Waals surface area contributed by atoms with Gasteiger partial charge in [-0.25, -0.2) is 0 Å². The summed E-state index contributed by atoms with van der Waals surface area (Å²) in [7, 11) is 0. The molecule has 1 N–H and O–H groups in total. The van der Waals surface area contributed by atoms with Crippen LogP contribution in [0.3, 0.4) is 0 Å². The van der Waals surface area contributed by atoms with E-state index in [2.05, 4.69) is 67.2 Å². The third-order valence-electron chi connectivity index (χ3n) is 9.34. The topological polar surface area (TPSA) is 42.1 Å². The Morgan fingerprint density at radius 3 is 3.03 bits per heavy atom. The lowest BCUT2D eigenvalue weighted by Crippen LogP contribution is -2.52.